The SMILES string of the molecule is CN(C)c1cccc2c(S(=O)(=O)N[14C@H]([14C](=O)O)[14CH]([14CH3])O)cccc12. The van der Waals surface area contributed by atoms with Crippen LogP contribution in [0.5, 0.6) is 0 Å². The maximum atomic E-state index is 12.6. The quantitative estimate of drug-likeness (QED) is 0.710. The van der Waals surface area contributed by atoms with E-state index in [2.05, 4.69) is 4.72 Å². The number of carbonyl (C=O) groups is 1. The second kappa shape index (κ2) is 6.76. The molecule has 8 heteroatoms. The number of aliphatic hydroxyl groups excluding tert-OH is 1. The lowest BCUT2D eigenvalue weighted by atomic mass is 10.1. The van der Waals surface area contributed by atoms with Gasteiger partial charge in [-0.3, -0.25) is 4.79 Å². The lowest BCUT2D eigenvalue weighted by molar-refractivity contribution is -0.141. The van der Waals surface area contributed by atoms with Crippen molar-refractivity contribution >= 4 is 32.5 Å². The molecule has 2 aromatic rings. The monoisotopic (exact) mass is 360 g/mol. The first kappa shape index (κ1) is 18.2. The summed E-state index contributed by atoms with van der Waals surface area (Å²) in [5.41, 5.74) is 0.842. The highest BCUT2D eigenvalue weighted by molar-refractivity contribution is 7.89. The zero-order valence-corrected chi connectivity index (χ0v) is 14.4. The molecule has 0 bridgehead atoms. The average Bonchev–Trinajstić information content (AvgIpc) is 2.50. The van der Waals surface area contributed by atoms with Crippen molar-refractivity contribution < 1.29 is 23.4 Å². The molecule has 0 radical (unpaired) electrons. The van der Waals surface area contributed by atoms with Gasteiger partial charge < -0.3 is 15.1 Å². The number of rotatable bonds is 6. The molecule has 0 saturated carbocycles. The van der Waals surface area contributed by atoms with Crippen LogP contribution in [-0.4, -0.2) is 50.8 Å². The van der Waals surface area contributed by atoms with E-state index in [0.29, 0.717) is 5.39 Å². The van der Waals surface area contributed by atoms with Gasteiger partial charge in [0.15, 0.2) is 0 Å². The molecule has 1 unspecified atom stereocenters. The van der Waals surface area contributed by atoms with E-state index in [0.717, 1.165) is 11.1 Å². The molecule has 0 amide bonds. The predicted octanol–water partition coefficient (Wildman–Crippen LogP) is 1.02. The standard InChI is InChI=1S/C16H20N2O5S/c1-10(19)15(16(20)21)17-24(22,23)14-9-5-6-11-12(14)7-4-8-13(11)18(2)3/h4-10,15,17,19H,1-3H3,(H,20,21)/t10?,15-/m0/s1/i1+2,10+2,15+2,16+2. The van der Waals surface area contributed by atoms with Crippen LogP contribution >= 0.6 is 0 Å². The molecule has 0 aromatic heterocycles. The Morgan fingerprint density at radius 3 is 2.29 bits per heavy atom. The van der Waals surface area contributed by atoms with Gasteiger partial charge in [-0.1, -0.05) is 24.3 Å². The third-order valence-corrected chi connectivity index (χ3v) is 5.16. The topological polar surface area (TPSA) is 107 Å². The second-order valence-electron chi connectivity index (χ2n) is 5.70. The molecule has 0 saturated heterocycles. The molecule has 0 fully saturated rings. The Morgan fingerprint density at radius 1 is 1.17 bits per heavy atom. The van der Waals surface area contributed by atoms with Crippen molar-refractivity contribution in [2.24, 2.45) is 0 Å². The van der Waals surface area contributed by atoms with Gasteiger partial charge in [-0.25, -0.2) is 8.42 Å². The highest BCUT2D eigenvalue weighted by Gasteiger charge is 2.30. The van der Waals surface area contributed by atoms with Gasteiger partial charge in [0.05, 0.1) is 11.0 Å². The Labute approximate surface area is 140 Å². The zero-order chi connectivity index (χ0) is 18.1. The molecule has 3 N–H and O–H groups in total. The molecule has 2 aromatic carbocycles. The Hall–Kier alpha value is -2.16. The van der Waals surface area contributed by atoms with Crippen molar-refractivity contribution in [3.8, 4) is 0 Å². The minimum atomic E-state index is -4.13. The third-order valence-electron chi connectivity index (χ3n) is 3.66. The van der Waals surface area contributed by atoms with E-state index in [1.165, 1.54) is 13.0 Å². The minimum Gasteiger partial charge on any atom is -0.480 e. The van der Waals surface area contributed by atoms with Crippen molar-refractivity contribution in [1.82, 2.24) is 4.72 Å². The maximum absolute atomic E-state index is 12.6. The largest absolute Gasteiger partial charge is 0.480 e. The summed E-state index contributed by atoms with van der Waals surface area (Å²) in [6.45, 7) is 1.22. The number of carboxylic acid groups (broad SMARTS) is 1. The summed E-state index contributed by atoms with van der Waals surface area (Å²) in [7, 11) is -0.429. The molecule has 130 valence electrons. The average molecular weight is 360 g/mol. The molecule has 7 nitrogen and oxygen atoms in total. The number of sulfonamides is 1. The molecule has 24 heavy (non-hydrogen) atoms. The summed E-state index contributed by atoms with van der Waals surface area (Å²) in [5, 5.41) is 19.8. The number of aliphatic hydroxyl groups is 1. The van der Waals surface area contributed by atoms with E-state index in [-0.39, 0.29) is 4.90 Å². The first-order valence-corrected chi connectivity index (χ1v) is 8.75. The number of aliphatic carboxylic acids is 1. The smallest absolute Gasteiger partial charge is 0.324 e. The first-order chi connectivity index (χ1) is 11.1. The number of anilines is 1. The van der Waals surface area contributed by atoms with Gasteiger partial charge in [-0.2, -0.15) is 4.72 Å². The Kier molecular flexibility index (Phi) is 5.12. The maximum Gasteiger partial charge on any atom is 0.324 e. The van der Waals surface area contributed by atoms with Crippen LogP contribution in [-0.2, 0) is 14.8 Å². The van der Waals surface area contributed by atoms with Crippen molar-refractivity contribution in [3.63, 3.8) is 0 Å². The van der Waals surface area contributed by atoms with Crippen LogP contribution in [0, 0.1) is 0 Å². The highest BCUT2D eigenvalue weighted by atomic mass is 32.2. The predicted molar refractivity (Wildman–Crippen MR) is 91.7 cm³/mol. The van der Waals surface area contributed by atoms with Crippen LogP contribution in [0.2, 0.25) is 0 Å². The number of carboxylic acids is 1. The molecule has 0 aliphatic carbocycles. The molecule has 0 aliphatic rings. The van der Waals surface area contributed by atoms with Crippen LogP contribution in [0.4, 0.5) is 5.69 Å². The second-order valence-corrected chi connectivity index (χ2v) is 7.38. The van der Waals surface area contributed by atoms with Gasteiger partial charge in [-0.15, -0.1) is 0 Å². The molecule has 2 rings (SSSR count). The van der Waals surface area contributed by atoms with Crippen molar-refractivity contribution in [2.45, 2.75) is 24.0 Å². The zero-order valence-electron chi connectivity index (χ0n) is 13.6. The fourth-order valence-corrected chi connectivity index (χ4v) is 3.96. The Morgan fingerprint density at radius 2 is 1.75 bits per heavy atom. The van der Waals surface area contributed by atoms with Gasteiger partial charge in [-0.05, 0) is 19.1 Å². The fraction of sp³-hybridized carbons (Fsp3) is 0.312. The molecule has 0 aliphatic heterocycles. The Bertz CT molecular complexity index is 862. The number of hydrogen-bond donors (Lipinski definition) is 3. The van der Waals surface area contributed by atoms with Crippen LogP contribution in [0.15, 0.2) is 41.3 Å². The third kappa shape index (κ3) is 3.50. The van der Waals surface area contributed by atoms with Crippen molar-refractivity contribution in [3.05, 3.63) is 36.4 Å². The first-order valence-electron chi connectivity index (χ1n) is 7.27. The van der Waals surface area contributed by atoms with E-state index in [1.807, 2.05) is 25.1 Å². The number of hydrogen-bond acceptors (Lipinski definition) is 5. The lowest BCUT2D eigenvalue weighted by Gasteiger charge is -2.19. The van der Waals surface area contributed by atoms with E-state index in [9.17, 15) is 18.3 Å². The van der Waals surface area contributed by atoms with Crippen molar-refractivity contribution in [2.75, 3.05) is 19.0 Å². The molecule has 2 atom stereocenters. The van der Waals surface area contributed by atoms with Crippen molar-refractivity contribution in [1.29, 1.82) is 0 Å². The van der Waals surface area contributed by atoms with Crippen LogP contribution in [0.1, 0.15) is 6.92 Å². The van der Waals surface area contributed by atoms with Gasteiger partial charge in [0.25, 0.3) is 0 Å². The molecule has 0 heterocycles. The summed E-state index contributed by atoms with van der Waals surface area (Å²) in [4.78, 5) is 13.0. The number of benzene rings is 2. The summed E-state index contributed by atoms with van der Waals surface area (Å²) in [6, 6.07) is 8.44. The normalized spacial score (nSPS) is 14.3. The van der Waals surface area contributed by atoms with Gasteiger partial charge in [0.2, 0.25) is 10.0 Å². The summed E-state index contributed by atoms with van der Waals surface area (Å²) >= 11 is 0. The summed E-state index contributed by atoms with van der Waals surface area (Å²) < 4.78 is 27.4. The number of nitrogens with one attached hydrogen (secondary N) is 1. The van der Waals surface area contributed by atoms with E-state index in [4.69, 9.17) is 5.11 Å². The van der Waals surface area contributed by atoms with E-state index < -0.39 is 28.1 Å². The summed E-state index contributed by atoms with van der Waals surface area (Å²) in [5.74, 6) is -1.44. The lowest BCUT2D eigenvalue weighted by Crippen LogP contribution is -2.47. The molecular weight excluding hydrogens is 340 g/mol. The minimum absolute atomic E-state index is 0.0319. The number of nitrogens with zero attached hydrogens (tertiary/aromatic N) is 1. The summed E-state index contributed by atoms with van der Waals surface area (Å²) in [6.07, 6.45) is -1.37. The van der Waals surface area contributed by atoms with E-state index in [1.54, 1.807) is 24.3 Å². The van der Waals surface area contributed by atoms with Crippen LogP contribution < -0.4 is 9.62 Å². The van der Waals surface area contributed by atoms with Gasteiger partial charge >= 0.3 is 5.97 Å². The fourth-order valence-electron chi connectivity index (χ4n) is 2.47. The molecular formula is C16H20N2O5S. The number of fused-ring (bicyclic) bond motifs is 1. The van der Waals surface area contributed by atoms with Crippen LogP contribution in [0.25, 0.3) is 10.8 Å². The van der Waals surface area contributed by atoms with Gasteiger partial charge in [0, 0.05) is 30.6 Å². The molecule has 0 spiro atoms. The highest BCUT2D eigenvalue weighted by Crippen LogP contribution is 2.30. The van der Waals surface area contributed by atoms with E-state index >= 15 is 0 Å². The van der Waals surface area contributed by atoms with Crippen LogP contribution in [0.3, 0.4) is 0 Å². The van der Waals surface area contributed by atoms with Gasteiger partial charge in [0.1, 0.15) is 6.04 Å². The Balaban J connectivity index is 2.59.